The molecule has 0 aromatic heterocycles. The molecule has 0 fully saturated rings. The summed E-state index contributed by atoms with van der Waals surface area (Å²) in [6.45, 7) is 4.98. The fourth-order valence-corrected chi connectivity index (χ4v) is 1.64. The SMILES string of the molecule is CCNC(=NCc1ccc(Br)cc1)NCCOC.I. The summed E-state index contributed by atoms with van der Waals surface area (Å²) in [7, 11) is 1.69. The molecule has 0 spiro atoms. The van der Waals surface area contributed by atoms with Gasteiger partial charge in [0.05, 0.1) is 13.2 Å². The molecule has 0 amide bonds. The van der Waals surface area contributed by atoms with Gasteiger partial charge in [0.2, 0.25) is 0 Å². The maximum absolute atomic E-state index is 5.00. The summed E-state index contributed by atoms with van der Waals surface area (Å²) < 4.78 is 6.08. The standard InChI is InChI=1S/C13H20BrN3O.HI/c1-3-15-13(16-8-9-18-2)17-10-11-4-6-12(14)7-5-11;/h4-7H,3,8-10H2,1-2H3,(H2,15,16,17);1H. The Morgan fingerprint density at radius 2 is 1.95 bits per heavy atom. The van der Waals surface area contributed by atoms with Gasteiger partial charge in [-0.2, -0.15) is 0 Å². The lowest BCUT2D eigenvalue weighted by atomic mass is 10.2. The summed E-state index contributed by atoms with van der Waals surface area (Å²) in [5, 5.41) is 6.41. The molecule has 0 aliphatic rings. The summed E-state index contributed by atoms with van der Waals surface area (Å²) in [6, 6.07) is 8.17. The van der Waals surface area contributed by atoms with Crippen molar-refractivity contribution in [3.8, 4) is 0 Å². The van der Waals surface area contributed by atoms with Crippen molar-refractivity contribution in [1.29, 1.82) is 0 Å². The average molecular weight is 442 g/mol. The largest absolute Gasteiger partial charge is 0.383 e. The summed E-state index contributed by atoms with van der Waals surface area (Å²) in [4.78, 5) is 4.51. The lowest BCUT2D eigenvalue weighted by Crippen LogP contribution is -2.38. The number of benzene rings is 1. The molecule has 19 heavy (non-hydrogen) atoms. The molecule has 1 aromatic carbocycles. The van der Waals surface area contributed by atoms with Gasteiger partial charge in [0.15, 0.2) is 5.96 Å². The molecule has 0 atom stereocenters. The highest BCUT2D eigenvalue weighted by atomic mass is 127. The second kappa shape index (κ2) is 11.5. The van der Waals surface area contributed by atoms with Crippen LogP contribution in [-0.4, -0.2) is 32.8 Å². The van der Waals surface area contributed by atoms with Gasteiger partial charge < -0.3 is 15.4 Å². The van der Waals surface area contributed by atoms with E-state index in [0.29, 0.717) is 13.2 Å². The fraction of sp³-hybridized carbons (Fsp3) is 0.462. The summed E-state index contributed by atoms with van der Waals surface area (Å²) in [6.07, 6.45) is 0. The van der Waals surface area contributed by atoms with Gasteiger partial charge in [-0.1, -0.05) is 28.1 Å². The van der Waals surface area contributed by atoms with Gasteiger partial charge in [-0.25, -0.2) is 4.99 Å². The van der Waals surface area contributed by atoms with Crippen LogP contribution < -0.4 is 10.6 Å². The molecule has 0 aliphatic carbocycles. The predicted octanol–water partition coefficient (Wildman–Crippen LogP) is 2.77. The minimum atomic E-state index is 0. The van der Waals surface area contributed by atoms with E-state index in [1.54, 1.807) is 7.11 Å². The van der Waals surface area contributed by atoms with Gasteiger partial charge in [-0.05, 0) is 24.6 Å². The molecule has 1 aromatic rings. The summed E-state index contributed by atoms with van der Waals surface area (Å²) >= 11 is 3.42. The van der Waals surface area contributed by atoms with Crippen molar-refractivity contribution in [2.45, 2.75) is 13.5 Å². The van der Waals surface area contributed by atoms with E-state index in [9.17, 15) is 0 Å². The highest BCUT2D eigenvalue weighted by Crippen LogP contribution is 2.10. The Morgan fingerprint density at radius 1 is 1.26 bits per heavy atom. The maximum atomic E-state index is 5.00. The number of nitrogens with one attached hydrogen (secondary N) is 2. The molecule has 0 saturated carbocycles. The first-order chi connectivity index (χ1) is 8.76. The van der Waals surface area contributed by atoms with E-state index >= 15 is 0 Å². The van der Waals surface area contributed by atoms with Gasteiger partial charge in [0, 0.05) is 24.7 Å². The smallest absolute Gasteiger partial charge is 0.191 e. The van der Waals surface area contributed by atoms with Crippen LogP contribution in [-0.2, 0) is 11.3 Å². The average Bonchev–Trinajstić information content (AvgIpc) is 2.38. The third kappa shape index (κ3) is 8.43. The van der Waals surface area contributed by atoms with Crippen LogP contribution in [0.25, 0.3) is 0 Å². The molecule has 0 heterocycles. The molecule has 6 heteroatoms. The second-order valence-electron chi connectivity index (χ2n) is 3.74. The zero-order valence-corrected chi connectivity index (χ0v) is 15.2. The molecule has 0 aliphatic heterocycles. The summed E-state index contributed by atoms with van der Waals surface area (Å²) in [5.74, 6) is 0.817. The first-order valence-electron chi connectivity index (χ1n) is 6.01. The minimum absolute atomic E-state index is 0. The van der Waals surface area contributed by atoms with Gasteiger partial charge in [-0.15, -0.1) is 24.0 Å². The van der Waals surface area contributed by atoms with Crippen LogP contribution in [0.5, 0.6) is 0 Å². The van der Waals surface area contributed by atoms with Crippen molar-refractivity contribution in [2.75, 3.05) is 26.8 Å². The molecule has 108 valence electrons. The van der Waals surface area contributed by atoms with Crippen LogP contribution in [0.4, 0.5) is 0 Å². The lowest BCUT2D eigenvalue weighted by Gasteiger charge is -2.10. The monoisotopic (exact) mass is 441 g/mol. The van der Waals surface area contributed by atoms with Gasteiger partial charge in [-0.3, -0.25) is 0 Å². The molecule has 0 radical (unpaired) electrons. The van der Waals surface area contributed by atoms with Crippen LogP contribution in [0.3, 0.4) is 0 Å². The van der Waals surface area contributed by atoms with Crippen LogP contribution in [0, 0.1) is 0 Å². The number of ether oxygens (including phenoxy) is 1. The van der Waals surface area contributed by atoms with E-state index < -0.39 is 0 Å². The van der Waals surface area contributed by atoms with E-state index in [2.05, 4.69) is 43.7 Å². The number of rotatable bonds is 6. The van der Waals surface area contributed by atoms with E-state index in [4.69, 9.17) is 4.74 Å². The number of halogens is 2. The Bertz CT molecular complexity index is 371. The van der Waals surface area contributed by atoms with Crippen molar-refractivity contribution < 1.29 is 4.74 Å². The maximum Gasteiger partial charge on any atom is 0.191 e. The number of aliphatic imine (C=N–C) groups is 1. The fourth-order valence-electron chi connectivity index (χ4n) is 1.37. The Hall–Kier alpha value is -0.340. The number of hydrogen-bond acceptors (Lipinski definition) is 2. The molecule has 0 unspecified atom stereocenters. The van der Waals surface area contributed by atoms with Crippen molar-refractivity contribution >= 4 is 45.9 Å². The Kier molecular flexibility index (Phi) is 11.3. The van der Waals surface area contributed by atoms with E-state index in [0.717, 1.165) is 23.5 Å². The molecule has 4 nitrogen and oxygen atoms in total. The first kappa shape index (κ1) is 18.7. The van der Waals surface area contributed by atoms with Gasteiger partial charge >= 0.3 is 0 Å². The van der Waals surface area contributed by atoms with E-state index in [1.807, 2.05) is 19.1 Å². The predicted molar refractivity (Wildman–Crippen MR) is 94.3 cm³/mol. The zero-order chi connectivity index (χ0) is 13.2. The zero-order valence-electron chi connectivity index (χ0n) is 11.3. The normalized spacial score (nSPS) is 10.8. The lowest BCUT2D eigenvalue weighted by molar-refractivity contribution is 0.203. The molecule has 0 bridgehead atoms. The molecule has 1 rings (SSSR count). The highest BCUT2D eigenvalue weighted by Gasteiger charge is 1.97. The van der Waals surface area contributed by atoms with Crippen molar-refractivity contribution in [2.24, 2.45) is 4.99 Å². The molecule has 2 N–H and O–H groups in total. The minimum Gasteiger partial charge on any atom is -0.383 e. The van der Waals surface area contributed by atoms with Crippen LogP contribution in [0.2, 0.25) is 0 Å². The van der Waals surface area contributed by atoms with Crippen molar-refractivity contribution in [1.82, 2.24) is 10.6 Å². The summed E-state index contributed by atoms with van der Waals surface area (Å²) in [5.41, 5.74) is 1.18. The number of hydrogen-bond donors (Lipinski definition) is 2. The molecular formula is C13H21BrIN3O. The Morgan fingerprint density at radius 3 is 2.53 bits per heavy atom. The Balaban J connectivity index is 0.00000324. The number of nitrogens with zero attached hydrogens (tertiary/aromatic N) is 1. The number of guanidine groups is 1. The third-order valence-corrected chi connectivity index (χ3v) is 2.80. The topological polar surface area (TPSA) is 45.7 Å². The van der Waals surface area contributed by atoms with Crippen molar-refractivity contribution in [3.05, 3.63) is 34.3 Å². The van der Waals surface area contributed by atoms with Crippen LogP contribution in [0.1, 0.15) is 12.5 Å². The van der Waals surface area contributed by atoms with Gasteiger partial charge in [0.1, 0.15) is 0 Å². The Labute approximate surface area is 140 Å². The number of methoxy groups -OCH3 is 1. The second-order valence-corrected chi connectivity index (χ2v) is 4.66. The van der Waals surface area contributed by atoms with Gasteiger partial charge in [0.25, 0.3) is 0 Å². The first-order valence-corrected chi connectivity index (χ1v) is 6.81. The molecular weight excluding hydrogens is 421 g/mol. The van der Waals surface area contributed by atoms with Crippen LogP contribution in [0.15, 0.2) is 33.7 Å². The molecule has 0 saturated heterocycles. The highest BCUT2D eigenvalue weighted by molar-refractivity contribution is 14.0. The third-order valence-electron chi connectivity index (χ3n) is 2.28. The quantitative estimate of drug-likeness (QED) is 0.309. The van der Waals surface area contributed by atoms with E-state index in [1.165, 1.54) is 5.56 Å². The van der Waals surface area contributed by atoms with Crippen LogP contribution >= 0.6 is 39.9 Å². The van der Waals surface area contributed by atoms with E-state index in [-0.39, 0.29) is 24.0 Å². The van der Waals surface area contributed by atoms with Crippen molar-refractivity contribution in [3.63, 3.8) is 0 Å².